The quantitative estimate of drug-likeness (QED) is 0.897. The van der Waals surface area contributed by atoms with Crippen LogP contribution in [0.1, 0.15) is 32.1 Å². The number of carbonyl (C=O) groups is 2. The number of amides is 2. The number of hydrogen-bond acceptors (Lipinski definition) is 5. The van der Waals surface area contributed by atoms with Crippen molar-refractivity contribution in [3.05, 3.63) is 11.1 Å². The maximum absolute atomic E-state index is 12.1. The fourth-order valence-electron chi connectivity index (χ4n) is 2.12. The van der Waals surface area contributed by atoms with E-state index in [4.69, 9.17) is 5.26 Å². The average Bonchev–Trinajstić information content (AvgIpc) is 2.94. The van der Waals surface area contributed by atoms with E-state index in [1.54, 1.807) is 4.90 Å². The number of carbonyl (C=O) groups excluding carboxylic acids is 2. The molecule has 0 saturated carbocycles. The molecule has 7 heteroatoms. The van der Waals surface area contributed by atoms with E-state index in [0.717, 1.165) is 11.3 Å². The van der Waals surface area contributed by atoms with E-state index in [1.165, 1.54) is 6.20 Å². The third kappa shape index (κ3) is 2.96. The van der Waals surface area contributed by atoms with E-state index in [0.29, 0.717) is 16.6 Å². The van der Waals surface area contributed by atoms with Crippen molar-refractivity contribution in [2.75, 3.05) is 11.9 Å². The smallest absolute Gasteiger partial charge is 0.231 e. The van der Waals surface area contributed by atoms with Gasteiger partial charge in [0.05, 0.1) is 12.1 Å². The van der Waals surface area contributed by atoms with Gasteiger partial charge in [0, 0.05) is 18.5 Å². The van der Waals surface area contributed by atoms with Gasteiger partial charge >= 0.3 is 0 Å². The molecule has 106 valence electrons. The molecule has 1 aliphatic rings. The molecular weight excluding hydrogens is 276 g/mol. The molecule has 0 aromatic carbocycles. The number of likely N-dealkylation sites (tertiary alicyclic amines) is 1. The highest BCUT2D eigenvalue weighted by molar-refractivity contribution is 7.16. The van der Waals surface area contributed by atoms with Crippen molar-refractivity contribution in [2.24, 2.45) is 5.92 Å². The Morgan fingerprint density at radius 3 is 2.80 bits per heavy atom. The Kier molecular flexibility index (Phi) is 3.77. The van der Waals surface area contributed by atoms with E-state index in [-0.39, 0.29) is 29.7 Å². The van der Waals surface area contributed by atoms with E-state index in [2.05, 4.69) is 10.3 Å². The van der Waals surface area contributed by atoms with Crippen molar-refractivity contribution >= 4 is 28.3 Å². The Balaban J connectivity index is 2.01. The van der Waals surface area contributed by atoms with Gasteiger partial charge in [0.15, 0.2) is 5.13 Å². The van der Waals surface area contributed by atoms with Gasteiger partial charge in [-0.2, -0.15) is 5.26 Å². The fraction of sp³-hybridized carbons (Fsp3) is 0.538. The zero-order valence-electron chi connectivity index (χ0n) is 11.6. The summed E-state index contributed by atoms with van der Waals surface area (Å²) < 4.78 is 0. The van der Waals surface area contributed by atoms with Crippen LogP contribution in [0, 0.1) is 17.2 Å². The van der Waals surface area contributed by atoms with Gasteiger partial charge in [-0.1, -0.05) is 11.3 Å². The zero-order chi connectivity index (χ0) is 14.9. The van der Waals surface area contributed by atoms with Crippen molar-refractivity contribution in [3.8, 4) is 6.07 Å². The van der Waals surface area contributed by atoms with Crippen LogP contribution in [0.25, 0.3) is 0 Å². The summed E-state index contributed by atoms with van der Waals surface area (Å²) in [6.07, 6.45) is 1.64. The third-order valence-corrected chi connectivity index (χ3v) is 3.97. The maximum Gasteiger partial charge on any atom is 0.231 e. The number of aromatic nitrogens is 1. The minimum Gasteiger partial charge on any atom is -0.337 e. The van der Waals surface area contributed by atoms with Crippen LogP contribution >= 0.6 is 11.3 Å². The molecule has 2 rings (SSSR count). The SMILES string of the molecule is CC(C)(C)N1C[C@@H](C(=O)Nc2ncc(C#N)s2)CC1=O. The van der Waals surface area contributed by atoms with E-state index >= 15 is 0 Å². The molecule has 1 aliphatic heterocycles. The number of thiazole rings is 1. The van der Waals surface area contributed by atoms with Gasteiger partial charge in [0.1, 0.15) is 10.9 Å². The van der Waals surface area contributed by atoms with Crippen molar-refractivity contribution in [2.45, 2.75) is 32.7 Å². The molecule has 0 bridgehead atoms. The summed E-state index contributed by atoms with van der Waals surface area (Å²) in [5.74, 6) is -0.588. The largest absolute Gasteiger partial charge is 0.337 e. The lowest BCUT2D eigenvalue weighted by Crippen LogP contribution is -2.42. The summed E-state index contributed by atoms with van der Waals surface area (Å²) in [4.78, 5) is 30.2. The summed E-state index contributed by atoms with van der Waals surface area (Å²) in [6, 6.07) is 1.97. The number of nitriles is 1. The van der Waals surface area contributed by atoms with Crippen LogP contribution in [0.3, 0.4) is 0 Å². The first-order chi connectivity index (χ1) is 9.31. The normalized spacial score (nSPS) is 19.0. The number of anilines is 1. The van der Waals surface area contributed by atoms with E-state index in [1.807, 2.05) is 26.8 Å². The lowest BCUT2D eigenvalue weighted by atomic mass is 10.1. The first kappa shape index (κ1) is 14.5. The van der Waals surface area contributed by atoms with E-state index < -0.39 is 0 Å². The highest BCUT2D eigenvalue weighted by Gasteiger charge is 2.39. The van der Waals surface area contributed by atoms with Crippen molar-refractivity contribution in [1.29, 1.82) is 5.26 Å². The second-order valence-corrected chi connectivity index (χ2v) is 6.74. The summed E-state index contributed by atoms with van der Waals surface area (Å²) in [5, 5.41) is 11.8. The second kappa shape index (κ2) is 5.21. The lowest BCUT2D eigenvalue weighted by Gasteiger charge is -2.31. The Labute approximate surface area is 121 Å². The molecule has 6 nitrogen and oxygen atoms in total. The van der Waals surface area contributed by atoms with Crippen LogP contribution in [0.2, 0.25) is 0 Å². The molecule has 1 fully saturated rings. The Morgan fingerprint density at radius 2 is 2.30 bits per heavy atom. The monoisotopic (exact) mass is 292 g/mol. The maximum atomic E-state index is 12.1. The van der Waals surface area contributed by atoms with Crippen LogP contribution in [-0.4, -0.2) is 33.8 Å². The summed E-state index contributed by atoms with van der Waals surface area (Å²) in [7, 11) is 0. The molecule has 1 aromatic rings. The topological polar surface area (TPSA) is 86.1 Å². The number of nitrogens with one attached hydrogen (secondary N) is 1. The van der Waals surface area contributed by atoms with Gasteiger partial charge in [0.2, 0.25) is 11.8 Å². The number of rotatable bonds is 2. The average molecular weight is 292 g/mol. The standard InChI is InChI=1S/C13H16N4O2S/c1-13(2,3)17-7-8(4-10(17)18)11(19)16-12-15-6-9(5-14)20-12/h6,8H,4,7H2,1-3H3,(H,15,16,19)/t8-/m0/s1. The molecule has 2 heterocycles. The summed E-state index contributed by atoms with van der Waals surface area (Å²) in [5.41, 5.74) is -0.277. The molecule has 0 spiro atoms. The van der Waals surface area contributed by atoms with Gasteiger partial charge in [-0.15, -0.1) is 0 Å². The van der Waals surface area contributed by atoms with Crippen molar-refractivity contribution in [3.63, 3.8) is 0 Å². The van der Waals surface area contributed by atoms with Gasteiger partial charge < -0.3 is 10.2 Å². The molecule has 0 unspecified atom stereocenters. The van der Waals surface area contributed by atoms with Crippen molar-refractivity contribution in [1.82, 2.24) is 9.88 Å². The fourth-order valence-corrected chi connectivity index (χ4v) is 2.74. The van der Waals surface area contributed by atoms with Gasteiger partial charge in [-0.25, -0.2) is 4.98 Å². The molecular formula is C13H16N4O2S. The minimum absolute atomic E-state index is 0.00509. The Hall–Kier alpha value is -1.94. The molecule has 1 atom stereocenters. The molecule has 0 aliphatic carbocycles. The highest BCUT2D eigenvalue weighted by Crippen LogP contribution is 2.27. The molecule has 0 radical (unpaired) electrons. The lowest BCUT2D eigenvalue weighted by molar-refractivity contribution is -0.131. The predicted octanol–water partition coefficient (Wildman–Crippen LogP) is 1.60. The van der Waals surface area contributed by atoms with Crippen molar-refractivity contribution < 1.29 is 9.59 Å². The molecule has 2 amide bonds. The van der Waals surface area contributed by atoms with Crippen LogP contribution in [0.5, 0.6) is 0 Å². The Bertz CT molecular complexity index is 582. The first-order valence-corrected chi connectivity index (χ1v) is 7.10. The highest BCUT2D eigenvalue weighted by atomic mass is 32.1. The first-order valence-electron chi connectivity index (χ1n) is 6.28. The number of hydrogen-bond donors (Lipinski definition) is 1. The van der Waals surface area contributed by atoms with Crippen LogP contribution < -0.4 is 5.32 Å². The molecule has 1 N–H and O–H groups in total. The third-order valence-electron chi connectivity index (χ3n) is 3.15. The van der Waals surface area contributed by atoms with Crippen LogP contribution in [0.15, 0.2) is 6.20 Å². The van der Waals surface area contributed by atoms with Gasteiger partial charge in [0.25, 0.3) is 0 Å². The summed E-state index contributed by atoms with van der Waals surface area (Å²) >= 11 is 1.12. The van der Waals surface area contributed by atoms with Gasteiger partial charge in [-0.05, 0) is 20.8 Å². The second-order valence-electron chi connectivity index (χ2n) is 5.71. The molecule has 1 saturated heterocycles. The minimum atomic E-state index is -0.365. The summed E-state index contributed by atoms with van der Waals surface area (Å²) in [6.45, 7) is 6.27. The Morgan fingerprint density at radius 1 is 1.60 bits per heavy atom. The van der Waals surface area contributed by atoms with Crippen LogP contribution in [0.4, 0.5) is 5.13 Å². The molecule has 1 aromatic heterocycles. The number of nitrogens with zero attached hydrogens (tertiary/aromatic N) is 3. The van der Waals surface area contributed by atoms with Crippen LogP contribution in [-0.2, 0) is 9.59 Å². The molecule has 20 heavy (non-hydrogen) atoms. The predicted molar refractivity (Wildman–Crippen MR) is 75.0 cm³/mol. The van der Waals surface area contributed by atoms with Gasteiger partial charge in [-0.3, -0.25) is 9.59 Å². The zero-order valence-corrected chi connectivity index (χ0v) is 12.5. The van der Waals surface area contributed by atoms with E-state index in [9.17, 15) is 9.59 Å².